The van der Waals surface area contributed by atoms with Gasteiger partial charge in [0.2, 0.25) is 0 Å². The first-order valence-corrected chi connectivity index (χ1v) is 5.23. The first-order chi connectivity index (χ1) is 7.70. The van der Waals surface area contributed by atoms with Crippen LogP contribution >= 0.6 is 0 Å². The molecule has 3 rings (SSSR count). The second-order valence-corrected chi connectivity index (χ2v) is 4.18. The molecular formula is C12H11NO3. The average molecular weight is 217 g/mol. The van der Waals surface area contributed by atoms with Crippen LogP contribution in [0.1, 0.15) is 23.2 Å². The van der Waals surface area contributed by atoms with Crippen molar-refractivity contribution in [2.45, 2.75) is 18.4 Å². The largest absolute Gasteiger partial charge is 0.452 e. The summed E-state index contributed by atoms with van der Waals surface area (Å²) in [6.45, 7) is 0. The molecule has 1 spiro atoms. The number of methoxy groups -OCH3 is 1. The van der Waals surface area contributed by atoms with Gasteiger partial charge >= 0.3 is 6.09 Å². The van der Waals surface area contributed by atoms with E-state index in [4.69, 9.17) is 4.74 Å². The van der Waals surface area contributed by atoms with E-state index < -0.39 is 11.6 Å². The maximum Gasteiger partial charge on any atom is 0.414 e. The van der Waals surface area contributed by atoms with E-state index in [2.05, 4.69) is 0 Å². The molecule has 0 atom stereocenters. The SMILES string of the molecule is COC(=O)N1c2ccccc2C(=O)C12CC2. The number of ether oxygens (including phenoxy) is 1. The van der Waals surface area contributed by atoms with Gasteiger partial charge in [-0.1, -0.05) is 12.1 Å². The van der Waals surface area contributed by atoms with Crippen molar-refractivity contribution < 1.29 is 14.3 Å². The summed E-state index contributed by atoms with van der Waals surface area (Å²) in [5, 5.41) is 0. The van der Waals surface area contributed by atoms with Crippen molar-refractivity contribution >= 4 is 17.6 Å². The summed E-state index contributed by atoms with van der Waals surface area (Å²) in [6.07, 6.45) is 1.02. The number of benzene rings is 1. The lowest BCUT2D eigenvalue weighted by Crippen LogP contribution is -2.42. The van der Waals surface area contributed by atoms with Crippen molar-refractivity contribution in [1.29, 1.82) is 0 Å². The quantitative estimate of drug-likeness (QED) is 0.667. The van der Waals surface area contributed by atoms with Crippen LogP contribution in [0.4, 0.5) is 10.5 Å². The summed E-state index contributed by atoms with van der Waals surface area (Å²) in [6, 6.07) is 7.19. The van der Waals surface area contributed by atoms with Crippen molar-refractivity contribution in [2.75, 3.05) is 12.0 Å². The van der Waals surface area contributed by atoms with Crippen LogP contribution in [0.5, 0.6) is 0 Å². The fourth-order valence-electron chi connectivity index (χ4n) is 2.38. The Kier molecular flexibility index (Phi) is 1.67. The standard InChI is InChI=1S/C12H11NO3/c1-16-11(15)13-9-5-3-2-4-8(9)10(14)12(13)6-7-12/h2-5H,6-7H2,1H3. The van der Waals surface area contributed by atoms with Crippen LogP contribution < -0.4 is 4.90 Å². The molecule has 0 radical (unpaired) electrons. The number of amides is 1. The van der Waals surface area contributed by atoms with Gasteiger partial charge in [0, 0.05) is 5.56 Å². The normalized spacial score (nSPS) is 19.8. The molecule has 1 aromatic rings. The predicted octanol–water partition coefficient (Wildman–Crippen LogP) is 1.99. The highest BCUT2D eigenvalue weighted by atomic mass is 16.5. The number of fused-ring (bicyclic) bond motifs is 1. The summed E-state index contributed by atoms with van der Waals surface area (Å²) < 4.78 is 4.75. The Labute approximate surface area is 92.8 Å². The lowest BCUT2D eigenvalue weighted by Gasteiger charge is -2.21. The Morgan fingerprint density at radius 1 is 1.38 bits per heavy atom. The van der Waals surface area contributed by atoms with Gasteiger partial charge in [-0.2, -0.15) is 0 Å². The molecule has 0 aromatic heterocycles. The van der Waals surface area contributed by atoms with E-state index in [0.717, 1.165) is 12.8 Å². The highest BCUT2D eigenvalue weighted by molar-refractivity contribution is 6.21. The van der Waals surface area contributed by atoms with E-state index in [1.165, 1.54) is 12.0 Å². The van der Waals surface area contributed by atoms with E-state index in [-0.39, 0.29) is 5.78 Å². The molecule has 0 N–H and O–H groups in total. The van der Waals surface area contributed by atoms with Gasteiger partial charge in [-0.3, -0.25) is 9.69 Å². The minimum Gasteiger partial charge on any atom is -0.452 e. The molecule has 4 nitrogen and oxygen atoms in total. The third-order valence-electron chi connectivity index (χ3n) is 3.32. The molecule has 0 bridgehead atoms. The van der Waals surface area contributed by atoms with Gasteiger partial charge in [0.25, 0.3) is 0 Å². The topological polar surface area (TPSA) is 46.6 Å². The number of rotatable bonds is 0. The first kappa shape index (κ1) is 9.39. The Hall–Kier alpha value is -1.84. The molecule has 1 aromatic carbocycles. The third kappa shape index (κ3) is 0.939. The minimum atomic E-state index is -0.628. The van der Waals surface area contributed by atoms with Crippen molar-refractivity contribution in [3.05, 3.63) is 29.8 Å². The van der Waals surface area contributed by atoms with Gasteiger partial charge in [0.15, 0.2) is 5.78 Å². The molecule has 16 heavy (non-hydrogen) atoms. The highest BCUT2D eigenvalue weighted by Gasteiger charge is 2.62. The van der Waals surface area contributed by atoms with E-state index in [9.17, 15) is 9.59 Å². The number of nitrogens with zero attached hydrogens (tertiary/aromatic N) is 1. The monoisotopic (exact) mass is 217 g/mol. The number of hydrogen-bond donors (Lipinski definition) is 0. The van der Waals surface area contributed by atoms with Crippen LogP contribution in [0.15, 0.2) is 24.3 Å². The molecule has 1 amide bonds. The minimum absolute atomic E-state index is 0.0495. The van der Waals surface area contributed by atoms with Gasteiger partial charge in [0.05, 0.1) is 12.8 Å². The van der Waals surface area contributed by atoms with Crippen LogP contribution in [-0.4, -0.2) is 24.5 Å². The Bertz CT molecular complexity index is 491. The lowest BCUT2D eigenvalue weighted by atomic mass is 10.1. The van der Waals surface area contributed by atoms with Crippen LogP contribution in [-0.2, 0) is 4.74 Å². The molecule has 0 saturated heterocycles. The zero-order valence-corrected chi connectivity index (χ0v) is 8.90. The second kappa shape index (κ2) is 2.84. The van der Waals surface area contributed by atoms with Gasteiger partial charge in [-0.25, -0.2) is 4.79 Å². The van der Waals surface area contributed by atoms with E-state index in [1.54, 1.807) is 12.1 Å². The van der Waals surface area contributed by atoms with Crippen molar-refractivity contribution in [3.63, 3.8) is 0 Å². The van der Waals surface area contributed by atoms with Crippen LogP contribution in [0.25, 0.3) is 0 Å². The maximum absolute atomic E-state index is 12.2. The van der Waals surface area contributed by atoms with E-state index in [0.29, 0.717) is 11.3 Å². The predicted molar refractivity (Wildman–Crippen MR) is 57.6 cm³/mol. The number of hydrogen-bond acceptors (Lipinski definition) is 3. The summed E-state index contributed by atoms with van der Waals surface area (Å²) in [5.41, 5.74) is 0.679. The van der Waals surface area contributed by atoms with E-state index in [1.807, 2.05) is 12.1 Å². The number of ketones is 1. The number of anilines is 1. The average Bonchev–Trinajstić information content (AvgIpc) is 3.05. The summed E-state index contributed by atoms with van der Waals surface area (Å²) in [7, 11) is 1.34. The second-order valence-electron chi connectivity index (χ2n) is 4.18. The highest BCUT2D eigenvalue weighted by Crippen LogP contribution is 2.53. The van der Waals surface area contributed by atoms with Gasteiger partial charge in [-0.05, 0) is 25.0 Å². The Morgan fingerprint density at radius 2 is 2.06 bits per heavy atom. The van der Waals surface area contributed by atoms with Crippen LogP contribution in [0, 0.1) is 0 Å². The summed E-state index contributed by atoms with van der Waals surface area (Å²) in [4.78, 5) is 25.4. The zero-order chi connectivity index (χ0) is 11.3. The molecule has 2 aliphatic rings. The molecule has 4 heteroatoms. The third-order valence-corrected chi connectivity index (χ3v) is 3.32. The van der Waals surface area contributed by atoms with E-state index >= 15 is 0 Å². The molecule has 1 aliphatic heterocycles. The smallest absolute Gasteiger partial charge is 0.414 e. The Morgan fingerprint density at radius 3 is 2.69 bits per heavy atom. The van der Waals surface area contributed by atoms with Crippen molar-refractivity contribution in [2.24, 2.45) is 0 Å². The van der Waals surface area contributed by atoms with Crippen LogP contribution in [0.3, 0.4) is 0 Å². The number of para-hydroxylation sites is 1. The summed E-state index contributed by atoms with van der Waals surface area (Å²) >= 11 is 0. The maximum atomic E-state index is 12.2. The molecular weight excluding hydrogens is 206 g/mol. The zero-order valence-electron chi connectivity index (χ0n) is 8.90. The molecule has 1 saturated carbocycles. The Balaban J connectivity index is 2.17. The summed E-state index contributed by atoms with van der Waals surface area (Å²) in [5.74, 6) is 0.0495. The van der Waals surface area contributed by atoms with Crippen molar-refractivity contribution in [3.8, 4) is 0 Å². The van der Waals surface area contributed by atoms with Gasteiger partial charge < -0.3 is 4.74 Å². The first-order valence-electron chi connectivity index (χ1n) is 5.23. The molecule has 1 aliphatic carbocycles. The fraction of sp³-hybridized carbons (Fsp3) is 0.333. The van der Waals surface area contributed by atoms with Crippen LogP contribution in [0.2, 0.25) is 0 Å². The number of carbonyl (C=O) groups is 2. The number of Topliss-reactive ketones (excluding diaryl/α,β-unsaturated/α-hetero) is 1. The fourth-order valence-corrected chi connectivity index (χ4v) is 2.38. The molecule has 0 unspecified atom stereocenters. The molecule has 1 heterocycles. The van der Waals surface area contributed by atoms with Crippen molar-refractivity contribution in [1.82, 2.24) is 0 Å². The van der Waals surface area contributed by atoms with Gasteiger partial charge in [-0.15, -0.1) is 0 Å². The molecule has 82 valence electrons. The number of carbonyl (C=O) groups excluding carboxylic acids is 2. The lowest BCUT2D eigenvalue weighted by molar-refractivity contribution is 0.0953. The molecule has 1 fully saturated rings. The van der Waals surface area contributed by atoms with Gasteiger partial charge in [0.1, 0.15) is 5.54 Å².